The molecule has 11 heteroatoms. The maximum atomic E-state index is 13.5. The summed E-state index contributed by atoms with van der Waals surface area (Å²) in [5, 5.41) is 6.10. The summed E-state index contributed by atoms with van der Waals surface area (Å²) >= 11 is 0. The summed E-state index contributed by atoms with van der Waals surface area (Å²) in [7, 11) is 2.90. The van der Waals surface area contributed by atoms with Gasteiger partial charge in [-0.05, 0) is 55.0 Å². The second-order valence-corrected chi connectivity index (χ2v) is 10.4. The number of hydrogen-bond acceptors (Lipinski definition) is 8. The first-order valence-electron chi connectivity index (χ1n) is 12.9. The summed E-state index contributed by atoms with van der Waals surface area (Å²) in [6.45, 7) is 1.92. The van der Waals surface area contributed by atoms with Gasteiger partial charge in [-0.25, -0.2) is 14.2 Å². The fourth-order valence-electron chi connectivity index (χ4n) is 4.20. The van der Waals surface area contributed by atoms with E-state index < -0.39 is 11.0 Å². The fraction of sp³-hybridized carbons (Fsp3) is 0.129. The van der Waals surface area contributed by atoms with Crippen LogP contribution in [-0.2, 0) is 11.0 Å². The van der Waals surface area contributed by atoms with E-state index in [1.54, 1.807) is 68.8 Å². The Balaban J connectivity index is 1.42. The van der Waals surface area contributed by atoms with Crippen molar-refractivity contribution in [2.45, 2.75) is 11.8 Å². The van der Waals surface area contributed by atoms with Gasteiger partial charge in [0.15, 0.2) is 22.6 Å². The highest BCUT2D eigenvalue weighted by Gasteiger charge is 2.16. The lowest BCUT2D eigenvalue weighted by atomic mass is 10.1. The number of carbonyl (C=O) groups is 1. The number of nitrogens with zero attached hydrogens (tertiary/aromatic N) is 2. The average Bonchev–Trinajstić information content (AvgIpc) is 3.01. The van der Waals surface area contributed by atoms with Crippen molar-refractivity contribution < 1.29 is 23.2 Å². The van der Waals surface area contributed by atoms with E-state index in [9.17, 15) is 9.00 Å². The van der Waals surface area contributed by atoms with Crippen LogP contribution in [0.3, 0.4) is 0 Å². The molecule has 1 unspecified atom stereocenters. The smallest absolute Gasteiger partial charge is 0.259 e. The third-order valence-electron chi connectivity index (χ3n) is 6.28. The van der Waals surface area contributed by atoms with Gasteiger partial charge in [-0.2, -0.15) is 0 Å². The molecule has 3 N–H and O–H groups in total. The fourth-order valence-corrected chi connectivity index (χ4v) is 5.07. The molecule has 5 rings (SSSR count). The van der Waals surface area contributed by atoms with Gasteiger partial charge in [0.05, 0.1) is 42.8 Å². The zero-order valence-electron chi connectivity index (χ0n) is 23.4. The molecule has 0 radical (unpaired) electrons. The van der Waals surface area contributed by atoms with Crippen LogP contribution in [0.25, 0.3) is 11.0 Å². The predicted molar refractivity (Wildman–Crippen MR) is 165 cm³/mol. The standard InChI is InChI=1S/C31H29N5O5S/c1-19-12-13-25(28(14-19)41-4)31(37)33-20-8-7-9-24(17-20)42(38)36-30-29(34-26-10-5-6-11-27(26)35-30)32-21-15-22(39-2)18-23(16-21)40-3/h5-18H,1-4H3,(H,32,34)(H,33,37)(H,35,36). The molecule has 0 aliphatic heterocycles. The second-order valence-electron chi connectivity index (χ2n) is 9.19. The van der Waals surface area contributed by atoms with Crippen LogP contribution in [0.4, 0.5) is 23.0 Å². The first kappa shape index (κ1) is 28.4. The van der Waals surface area contributed by atoms with Gasteiger partial charge in [-0.15, -0.1) is 0 Å². The van der Waals surface area contributed by atoms with Gasteiger partial charge in [0.2, 0.25) is 0 Å². The van der Waals surface area contributed by atoms with Gasteiger partial charge in [0.25, 0.3) is 5.91 Å². The molecule has 1 amide bonds. The van der Waals surface area contributed by atoms with Gasteiger partial charge >= 0.3 is 0 Å². The van der Waals surface area contributed by atoms with E-state index in [4.69, 9.17) is 19.2 Å². The minimum Gasteiger partial charge on any atom is -0.497 e. The van der Waals surface area contributed by atoms with Crippen molar-refractivity contribution in [2.24, 2.45) is 0 Å². The van der Waals surface area contributed by atoms with Crippen LogP contribution in [-0.4, -0.2) is 41.4 Å². The Morgan fingerprint density at radius 1 is 0.738 bits per heavy atom. The largest absolute Gasteiger partial charge is 0.497 e. The first-order valence-corrected chi connectivity index (χ1v) is 14.0. The summed E-state index contributed by atoms with van der Waals surface area (Å²) in [6.07, 6.45) is 0. The van der Waals surface area contributed by atoms with Crippen LogP contribution in [0.1, 0.15) is 15.9 Å². The molecule has 0 spiro atoms. The van der Waals surface area contributed by atoms with Gasteiger partial charge in [0, 0.05) is 29.6 Å². The lowest BCUT2D eigenvalue weighted by molar-refractivity contribution is 0.102. The van der Waals surface area contributed by atoms with Crippen LogP contribution in [0.15, 0.2) is 89.8 Å². The molecule has 0 aliphatic rings. The summed E-state index contributed by atoms with van der Waals surface area (Å²) < 4.78 is 32.6. The molecule has 1 heterocycles. The maximum Gasteiger partial charge on any atom is 0.259 e. The zero-order chi connectivity index (χ0) is 29.6. The van der Waals surface area contributed by atoms with Crippen molar-refractivity contribution in [2.75, 3.05) is 36.7 Å². The molecule has 214 valence electrons. The number of para-hydroxylation sites is 2. The van der Waals surface area contributed by atoms with Gasteiger partial charge in [-0.1, -0.05) is 24.3 Å². The Kier molecular flexibility index (Phi) is 8.49. The molecule has 5 aromatic rings. The van der Waals surface area contributed by atoms with Gasteiger partial charge in [-0.3, -0.25) is 9.52 Å². The topological polar surface area (TPSA) is 124 Å². The molecule has 1 atom stereocenters. The minimum atomic E-state index is -1.75. The van der Waals surface area contributed by atoms with Crippen LogP contribution < -0.4 is 29.6 Å². The molecule has 1 aromatic heterocycles. The molecule has 0 saturated carbocycles. The second kappa shape index (κ2) is 12.6. The third-order valence-corrected chi connectivity index (χ3v) is 7.34. The SMILES string of the molecule is COc1cc(Nc2nc3ccccc3nc2NS(=O)c2cccc(NC(=O)c3ccc(C)cc3OC)c2)cc(OC)c1. The van der Waals surface area contributed by atoms with Crippen molar-refractivity contribution in [1.82, 2.24) is 9.97 Å². The molecule has 10 nitrogen and oxygen atoms in total. The molecule has 42 heavy (non-hydrogen) atoms. The van der Waals surface area contributed by atoms with E-state index in [2.05, 4.69) is 20.3 Å². The number of carbonyl (C=O) groups excluding carboxylic acids is 1. The molecule has 0 aliphatic carbocycles. The molecule has 0 fully saturated rings. The average molecular weight is 584 g/mol. The van der Waals surface area contributed by atoms with Crippen molar-refractivity contribution in [3.63, 3.8) is 0 Å². The Bertz CT molecular complexity index is 1770. The van der Waals surface area contributed by atoms with Gasteiger partial charge < -0.3 is 24.8 Å². The Labute approximate surface area is 245 Å². The third kappa shape index (κ3) is 6.42. The van der Waals surface area contributed by atoms with Crippen molar-refractivity contribution >= 4 is 50.9 Å². The highest BCUT2D eigenvalue weighted by molar-refractivity contribution is 7.86. The van der Waals surface area contributed by atoms with Crippen molar-refractivity contribution in [3.8, 4) is 17.2 Å². The number of ether oxygens (including phenoxy) is 3. The summed E-state index contributed by atoms with van der Waals surface area (Å²) in [5.74, 6) is 1.93. The quantitative estimate of drug-likeness (QED) is 0.180. The Morgan fingerprint density at radius 2 is 1.43 bits per heavy atom. The Morgan fingerprint density at radius 3 is 2.10 bits per heavy atom. The summed E-state index contributed by atoms with van der Waals surface area (Å²) in [6, 6.07) is 24.8. The minimum absolute atomic E-state index is 0.271. The molecule has 0 saturated heterocycles. The number of amides is 1. The van der Waals surface area contributed by atoms with Crippen molar-refractivity contribution in [3.05, 3.63) is 96.1 Å². The van der Waals surface area contributed by atoms with Gasteiger partial charge in [0.1, 0.15) is 17.2 Å². The van der Waals surface area contributed by atoms with Crippen molar-refractivity contribution in [1.29, 1.82) is 0 Å². The maximum absolute atomic E-state index is 13.5. The summed E-state index contributed by atoms with van der Waals surface area (Å²) in [5.41, 5.74) is 3.76. The summed E-state index contributed by atoms with van der Waals surface area (Å²) in [4.78, 5) is 22.8. The Hall–Kier alpha value is -5.16. The number of aryl methyl sites for hydroxylation is 1. The van der Waals surface area contributed by atoms with Crippen LogP contribution in [0.2, 0.25) is 0 Å². The zero-order valence-corrected chi connectivity index (χ0v) is 24.2. The highest BCUT2D eigenvalue weighted by Crippen LogP contribution is 2.31. The number of nitrogens with one attached hydrogen (secondary N) is 3. The monoisotopic (exact) mass is 583 g/mol. The van der Waals surface area contributed by atoms with E-state index >= 15 is 0 Å². The molecule has 4 aromatic carbocycles. The molecular formula is C31H29N5O5S. The number of hydrogen-bond donors (Lipinski definition) is 3. The lowest BCUT2D eigenvalue weighted by Crippen LogP contribution is -2.14. The normalized spacial score (nSPS) is 11.4. The van der Waals surface area contributed by atoms with E-state index in [0.717, 1.165) is 5.56 Å². The number of fused-ring (bicyclic) bond motifs is 1. The van der Waals surface area contributed by atoms with Crippen LogP contribution in [0.5, 0.6) is 17.2 Å². The van der Waals surface area contributed by atoms with E-state index in [0.29, 0.717) is 55.9 Å². The van der Waals surface area contributed by atoms with Crippen LogP contribution in [0, 0.1) is 6.92 Å². The van der Waals surface area contributed by atoms with E-state index in [1.165, 1.54) is 7.11 Å². The van der Waals surface area contributed by atoms with E-state index in [1.807, 2.05) is 37.3 Å². The first-order chi connectivity index (χ1) is 20.4. The number of aromatic nitrogens is 2. The highest BCUT2D eigenvalue weighted by atomic mass is 32.2. The van der Waals surface area contributed by atoms with E-state index in [-0.39, 0.29) is 11.7 Å². The number of anilines is 4. The molecule has 0 bridgehead atoms. The number of rotatable bonds is 10. The van der Waals surface area contributed by atoms with Crippen LogP contribution >= 0.6 is 0 Å². The lowest BCUT2D eigenvalue weighted by Gasteiger charge is -2.15. The molecular weight excluding hydrogens is 554 g/mol. The predicted octanol–water partition coefficient (Wildman–Crippen LogP) is 6.09. The number of methoxy groups -OCH3 is 3. The number of benzene rings is 4.